The Morgan fingerprint density at radius 2 is 1.83 bits per heavy atom. The van der Waals surface area contributed by atoms with Crippen LogP contribution in [-0.2, 0) is 9.53 Å². The summed E-state index contributed by atoms with van der Waals surface area (Å²) in [5.74, 6) is -0.257. The van der Waals surface area contributed by atoms with Crippen LogP contribution < -0.4 is 10.1 Å². The summed E-state index contributed by atoms with van der Waals surface area (Å²) < 4.78 is 24.1. The Kier molecular flexibility index (Phi) is 7.09. The molecule has 2 aromatic rings. The summed E-state index contributed by atoms with van der Waals surface area (Å²) in [5, 5.41) is 13.5. The van der Waals surface area contributed by atoms with Crippen LogP contribution in [0.3, 0.4) is 0 Å². The third kappa shape index (κ3) is 5.97. The number of nitro groups is 1. The van der Waals surface area contributed by atoms with Crippen molar-refractivity contribution in [3.63, 3.8) is 0 Å². The minimum atomic E-state index is -0.502. The average molecular weight is 403 g/mol. The van der Waals surface area contributed by atoms with E-state index in [0.29, 0.717) is 25.5 Å². The first-order valence-corrected chi connectivity index (χ1v) is 9.24. The van der Waals surface area contributed by atoms with E-state index in [0.717, 1.165) is 18.7 Å². The summed E-state index contributed by atoms with van der Waals surface area (Å²) in [6, 6.07) is 11.7. The molecular weight excluding hydrogens is 381 g/mol. The SMILES string of the molecule is O=C(COc1ccc([N+](=O)[O-])cc1)NCC(c1ccc(F)cc1)N1CCOCC1. The lowest BCUT2D eigenvalue weighted by Gasteiger charge is -2.35. The summed E-state index contributed by atoms with van der Waals surface area (Å²) in [6.07, 6.45) is 0. The van der Waals surface area contributed by atoms with Gasteiger partial charge in [0, 0.05) is 31.8 Å². The van der Waals surface area contributed by atoms with Crippen LogP contribution in [0, 0.1) is 15.9 Å². The maximum atomic E-state index is 13.3. The van der Waals surface area contributed by atoms with E-state index in [1.54, 1.807) is 12.1 Å². The van der Waals surface area contributed by atoms with Gasteiger partial charge >= 0.3 is 0 Å². The van der Waals surface area contributed by atoms with Gasteiger partial charge in [-0.15, -0.1) is 0 Å². The number of nitrogens with zero attached hydrogens (tertiary/aromatic N) is 2. The molecule has 9 heteroatoms. The van der Waals surface area contributed by atoms with Crippen molar-refractivity contribution >= 4 is 11.6 Å². The molecular formula is C20H22FN3O5. The number of benzene rings is 2. The van der Waals surface area contributed by atoms with Crippen LogP contribution in [0.15, 0.2) is 48.5 Å². The van der Waals surface area contributed by atoms with Gasteiger partial charge in [-0.05, 0) is 29.8 Å². The number of morpholine rings is 1. The fourth-order valence-electron chi connectivity index (χ4n) is 3.11. The van der Waals surface area contributed by atoms with Gasteiger partial charge in [0.15, 0.2) is 6.61 Å². The van der Waals surface area contributed by atoms with Crippen molar-refractivity contribution in [2.75, 3.05) is 39.5 Å². The average Bonchev–Trinajstić information content (AvgIpc) is 2.74. The van der Waals surface area contributed by atoms with Crippen LogP contribution >= 0.6 is 0 Å². The van der Waals surface area contributed by atoms with E-state index in [2.05, 4.69) is 10.2 Å². The van der Waals surface area contributed by atoms with Gasteiger partial charge in [0.2, 0.25) is 0 Å². The molecule has 29 heavy (non-hydrogen) atoms. The quantitative estimate of drug-likeness (QED) is 0.537. The lowest BCUT2D eigenvalue weighted by atomic mass is 10.0. The van der Waals surface area contributed by atoms with Crippen LogP contribution in [0.25, 0.3) is 0 Å². The number of carbonyl (C=O) groups excluding carboxylic acids is 1. The monoisotopic (exact) mass is 403 g/mol. The number of carbonyl (C=O) groups is 1. The van der Waals surface area contributed by atoms with Gasteiger partial charge in [0.1, 0.15) is 11.6 Å². The van der Waals surface area contributed by atoms with Crippen LogP contribution in [0.2, 0.25) is 0 Å². The molecule has 2 aromatic carbocycles. The number of amides is 1. The Morgan fingerprint density at radius 1 is 1.17 bits per heavy atom. The maximum Gasteiger partial charge on any atom is 0.269 e. The molecule has 1 fully saturated rings. The van der Waals surface area contributed by atoms with Crippen LogP contribution in [0.4, 0.5) is 10.1 Å². The van der Waals surface area contributed by atoms with E-state index < -0.39 is 4.92 Å². The molecule has 1 saturated heterocycles. The van der Waals surface area contributed by atoms with E-state index in [-0.39, 0.29) is 30.1 Å². The topological polar surface area (TPSA) is 93.9 Å². The van der Waals surface area contributed by atoms with Gasteiger partial charge in [-0.3, -0.25) is 19.8 Å². The first-order valence-electron chi connectivity index (χ1n) is 9.24. The van der Waals surface area contributed by atoms with Crippen LogP contribution in [0.5, 0.6) is 5.75 Å². The van der Waals surface area contributed by atoms with Gasteiger partial charge in [0.25, 0.3) is 11.6 Å². The van der Waals surface area contributed by atoms with E-state index in [1.165, 1.54) is 36.4 Å². The smallest absolute Gasteiger partial charge is 0.269 e. The largest absolute Gasteiger partial charge is 0.484 e. The third-order valence-corrected chi connectivity index (χ3v) is 4.65. The number of nitrogens with one attached hydrogen (secondary N) is 1. The molecule has 1 heterocycles. The summed E-state index contributed by atoms with van der Waals surface area (Å²) in [7, 11) is 0. The van der Waals surface area contributed by atoms with Gasteiger partial charge in [-0.1, -0.05) is 12.1 Å². The molecule has 0 radical (unpaired) electrons. The van der Waals surface area contributed by atoms with Crippen molar-refractivity contribution in [3.05, 3.63) is 70.0 Å². The predicted molar refractivity (Wildman–Crippen MR) is 103 cm³/mol. The van der Waals surface area contributed by atoms with Crippen molar-refractivity contribution in [2.24, 2.45) is 0 Å². The zero-order valence-corrected chi connectivity index (χ0v) is 15.8. The fraction of sp³-hybridized carbons (Fsp3) is 0.350. The maximum absolute atomic E-state index is 13.3. The number of non-ortho nitro benzene ring substituents is 1. The summed E-state index contributed by atoms with van der Waals surface area (Å²) >= 11 is 0. The molecule has 1 aliphatic rings. The number of ether oxygens (including phenoxy) is 2. The van der Waals surface area contributed by atoms with Gasteiger partial charge in [0.05, 0.1) is 24.2 Å². The van der Waals surface area contributed by atoms with Crippen molar-refractivity contribution in [3.8, 4) is 5.75 Å². The number of hydrogen-bond donors (Lipinski definition) is 1. The Hall–Kier alpha value is -3.04. The summed E-state index contributed by atoms with van der Waals surface area (Å²) in [6.45, 7) is 2.78. The van der Waals surface area contributed by atoms with E-state index in [1.807, 2.05) is 0 Å². The normalized spacial score (nSPS) is 15.5. The Labute approximate surface area is 167 Å². The summed E-state index contributed by atoms with van der Waals surface area (Å²) in [5.41, 5.74) is 0.860. The Morgan fingerprint density at radius 3 is 2.45 bits per heavy atom. The van der Waals surface area contributed by atoms with Crippen LogP contribution in [-0.4, -0.2) is 55.2 Å². The van der Waals surface area contributed by atoms with Gasteiger partial charge in [-0.25, -0.2) is 4.39 Å². The lowest BCUT2D eigenvalue weighted by Crippen LogP contribution is -2.44. The molecule has 0 aromatic heterocycles. The van der Waals surface area contributed by atoms with Crippen molar-refractivity contribution < 1.29 is 23.6 Å². The molecule has 3 rings (SSSR count). The Balaban J connectivity index is 1.55. The first kappa shape index (κ1) is 20.7. The van der Waals surface area contributed by atoms with Crippen LogP contribution in [0.1, 0.15) is 11.6 Å². The Bertz CT molecular complexity index is 823. The molecule has 0 spiro atoms. The van der Waals surface area contributed by atoms with Gasteiger partial charge in [-0.2, -0.15) is 0 Å². The summed E-state index contributed by atoms with van der Waals surface area (Å²) in [4.78, 5) is 24.6. The lowest BCUT2D eigenvalue weighted by molar-refractivity contribution is -0.384. The second-order valence-electron chi connectivity index (χ2n) is 6.56. The fourth-order valence-corrected chi connectivity index (χ4v) is 3.11. The number of nitro benzene ring substituents is 1. The highest BCUT2D eigenvalue weighted by Crippen LogP contribution is 2.22. The second-order valence-corrected chi connectivity index (χ2v) is 6.56. The molecule has 0 bridgehead atoms. The molecule has 8 nitrogen and oxygen atoms in total. The van der Waals surface area contributed by atoms with E-state index in [9.17, 15) is 19.3 Å². The van der Waals surface area contributed by atoms with Crippen molar-refractivity contribution in [1.29, 1.82) is 0 Å². The standard InChI is InChI=1S/C20H22FN3O5/c21-16-3-1-15(2-4-16)19(23-9-11-28-12-10-23)13-22-20(25)14-29-18-7-5-17(6-8-18)24(26)27/h1-8,19H,9-14H2,(H,22,25). The molecule has 0 saturated carbocycles. The molecule has 1 amide bonds. The molecule has 1 atom stereocenters. The number of rotatable bonds is 8. The molecule has 1 aliphatic heterocycles. The zero-order valence-electron chi connectivity index (χ0n) is 15.8. The molecule has 1 N–H and O–H groups in total. The minimum Gasteiger partial charge on any atom is -0.484 e. The van der Waals surface area contributed by atoms with E-state index in [4.69, 9.17) is 9.47 Å². The number of hydrogen-bond acceptors (Lipinski definition) is 6. The first-order chi connectivity index (χ1) is 14.0. The van der Waals surface area contributed by atoms with Gasteiger partial charge < -0.3 is 14.8 Å². The third-order valence-electron chi connectivity index (χ3n) is 4.65. The molecule has 1 unspecified atom stereocenters. The van der Waals surface area contributed by atoms with E-state index >= 15 is 0 Å². The zero-order chi connectivity index (χ0) is 20.6. The highest BCUT2D eigenvalue weighted by molar-refractivity contribution is 5.77. The van der Waals surface area contributed by atoms with Crippen molar-refractivity contribution in [1.82, 2.24) is 10.2 Å². The minimum absolute atomic E-state index is 0.0468. The highest BCUT2D eigenvalue weighted by atomic mass is 19.1. The number of halogens is 1. The highest BCUT2D eigenvalue weighted by Gasteiger charge is 2.23. The second kappa shape index (κ2) is 9.94. The molecule has 154 valence electrons. The van der Waals surface area contributed by atoms with Crippen molar-refractivity contribution in [2.45, 2.75) is 6.04 Å². The predicted octanol–water partition coefficient (Wildman–Crippen LogP) is 2.30. The molecule has 0 aliphatic carbocycles.